The zero-order chi connectivity index (χ0) is 24.8. The first-order valence-corrected chi connectivity index (χ1v) is 11.8. The van der Waals surface area contributed by atoms with Crippen LogP contribution in [0.2, 0.25) is 0 Å². The van der Waals surface area contributed by atoms with Crippen LogP contribution in [0.15, 0.2) is 60.0 Å². The topological polar surface area (TPSA) is 108 Å². The van der Waals surface area contributed by atoms with Crippen molar-refractivity contribution in [1.82, 2.24) is 24.5 Å². The molecule has 2 aromatic carbocycles. The molecule has 2 aliphatic heterocycles. The highest BCUT2D eigenvalue weighted by Gasteiger charge is 2.26. The van der Waals surface area contributed by atoms with Crippen LogP contribution in [0.25, 0.3) is 16.9 Å². The number of carbonyl (C=O) groups excluding carboxylic acids is 2. The highest BCUT2D eigenvalue weighted by Crippen LogP contribution is 2.28. The third-order valence-electron chi connectivity index (χ3n) is 6.62. The molecule has 6 rings (SSSR count). The minimum Gasteiger partial charge on any atom is -0.337 e. The number of hydrogen-bond donors (Lipinski definition) is 1. The number of amides is 2. The maximum absolute atomic E-state index is 12.6. The van der Waals surface area contributed by atoms with Crippen LogP contribution in [-0.4, -0.2) is 68.2 Å². The Morgan fingerprint density at radius 2 is 1.83 bits per heavy atom. The highest BCUT2D eigenvalue weighted by atomic mass is 16.2. The number of nitrogens with one attached hydrogen (secondary N) is 1. The molecule has 0 radical (unpaired) electrons. The molecule has 36 heavy (non-hydrogen) atoms. The first-order valence-electron chi connectivity index (χ1n) is 11.8. The summed E-state index contributed by atoms with van der Waals surface area (Å²) in [5, 5.41) is 7.70. The summed E-state index contributed by atoms with van der Waals surface area (Å²) in [6.45, 7) is 6.19. The van der Waals surface area contributed by atoms with Gasteiger partial charge >= 0.3 is 0 Å². The van der Waals surface area contributed by atoms with Crippen LogP contribution in [-0.2, 0) is 4.79 Å². The number of nitrogens with zero attached hydrogens (tertiary/aromatic N) is 7. The summed E-state index contributed by atoms with van der Waals surface area (Å²) >= 11 is 0. The van der Waals surface area contributed by atoms with Gasteiger partial charge in [0, 0.05) is 47.8 Å². The summed E-state index contributed by atoms with van der Waals surface area (Å²) in [6, 6.07) is 13.6. The fraction of sp³-hybridized carbons (Fsp3) is 0.231. The zero-order valence-corrected chi connectivity index (χ0v) is 19.9. The molecule has 10 heteroatoms. The minimum absolute atomic E-state index is 0.111. The van der Waals surface area contributed by atoms with Gasteiger partial charge in [-0.15, -0.1) is 0 Å². The maximum atomic E-state index is 12.6. The predicted molar refractivity (Wildman–Crippen MR) is 137 cm³/mol. The number of hydrogen-bond acceptors (Lipinski definition) is 7. The van der Waals surface area contributed by atoms with Gasteiger partial charge in [0.05, 0.1) is 24.0 Å². The Bertz CT molecular complexity index is 1520. The zero-order valence-electron chi connectivity index (χ0n) is 19.9. The van der Waals surface area contributed by atoms with Crippen molar-refractivity contribution in [3.05, 3.63) is 66.1 Å². The van der Waals surface area contributed by atoms with E-state index in [1.54, 1.807) is 23.0 Å². The van der Waals surface area contributed by atoms with Crippen molar-refractivity contribution in [3.8, 4) is 11.3 Å². The molecular formula is C26H24N8O2. The molecule has 2 aliphatic rings. The third-order valence-corrected chi connectivity index (χ3v) is 6.62. The van der Waals surface area contributed by atoms with Crippen molar-refractivity contribution in [2.24, 2.45) is 4.99 Å². The Labute approximate surface area is 207 Å². The molecule has 1 fully saturated rings. The van der Waals surface area contributed by atoms with Crippen molar-refractivity contribution in [2.45, 2.75) is 19.9 Å². The predicted octanol–water partition coefficient (Wildman–Crippen LogP) is 3.16. The van der Waals surface area contributed by atoms with Gasteiger partial charge < -0.3 is 10.2 Å². The van der Waals surface area contributed by atoms with E-state index in [9.17, 15) is 9.59 Å². The lowest BCUT2D eigenvalue weighted by Gasteiger charge is -2.36. The maximum Gasteiger partial charge on any atom is 0.277 e. The van der Waals surface area contributed by atoms with E-state index in [1.165, 1.54) is 6.33 Å². The Kier molecular flexibility index (Phi) is 5.30. The Morgan fingerprint density at radius 1 is 1.00 bits per heavy atom. The van der Waals surface area contributed by atoms with E-state index in [2.05, 4.69) is 44.1 Å². The molecule has 1 N–H and O–H groups in total. The summed E-state index contributed by atoms with van der Waals surface area (Å²) in [5.74, 6) is 0.442. The lowest BCUT2D eigenvalue weighted by Crippen LogP contribution is -2.52. The Balaban J connectivity index is 1.23. The van der Waals surface area contributed by atoms with Gasteiger partial charge in [-0.25, -0.2) is 19.5 Å². The quantitative estimate of drug-likeness (QED) is 0.467. The largest absolute Gasteiger partial charge is 0.337 e. The summed E-state index contributed by atoms with van der Waals surface area (Å²) in [5.41, 5.74) is 5.24. The van der Waals surface area contributed by atoms with Crippen LogP contribution >= 0.6 is 0 Å². The molecule has 2 aromatic heterocycles. The van der Waals surface area contributed by atoms with Crippen molar-refractivity contribution < 1.29 is 9.59 Å². The molecule has 0 saturated carbocycles. The van der Waals surface area contributed by atoms with E-state index in [1.807, 2.05) is 41.3 Å². The molecule has 2 amide bonds. The number of rotatable bonds is 5. The van der Waals surface area contributed by atoms with Crippen LogP contribution < -0.4 is 10.2 Å². The van der Waals surface area contributed by atoms with Gasteiger partial charge in [-0.3, -0.25) is 14.5 Å². The van der Waals surface area contributed by atoms with Gasteiger partial charge in [0.2, 0.25) is 5.91 Å². The number of fused-ring (bicyclic) bond motifs is 2. The second-order valence-corrected chi connectivity index (χ2v) is 9.13. The second kappa shape index (κ2) is 8.65. The normalized spacial score (nSPS) is 15.8. The lowest BCUT2D eigenvalue weighted by atomic mass is 10.0. The first-order chi connectivity index (χ1) is 17.5. The lowest BCUT2D eigenvalue weighted by molar-refractivity contribution is -0.121. The van der Waals surface area contributed by atoms with E-state index >= 15 is 0 Å². The van der Waals surface area contributed by atoms with E-state index < -0.39 is 0 Å². The van der Waals surface area contributed by atoms with Crippen LogP contribution in [0.1, 0.15) is 29.8 Å². The first kappa shape index (κ1) is 22.1. The molecule has 0 spiro atoms. The van der Waals surface area contributed by atoms with Crippen LogP contribution in [0.4, 0.5) is 17.2 Å². The molecule has 0 atom stereocenters. The number of anilines is 3. The molecule has 180 valence electrons. The number of benzene rings is 2. The highest BCUT2D eigenvalue weighted by molar-refractivity contribution is 6.13. The van der Waals surface area contributed by atoms with Gasteiger partial charge in [-0.05, 0) is 50.2 Å². The number of aliphatic imine (C=N–C) groups is 1. The average Bonchev–Trinajstić information content (AvgIpc) is 3.52. The summed E-state index contributed by atoms with van der Waals surface area (Å²) in [6.07, 6.45) is 4.78. The van der Waals surface area contributed by atoms with Gasteiger partial charge in [0.25, 0.3) is 5.91 Å². The molecular weight excluding hydrogens is 456 g/mol. The third kappa shape index (κ3) is 3.81. The monoisotopic (exact) mass is 480 g/mol. The van der Waals surface area contributed by atoms with E-state index in [4.69, 9.17) is 0 Å². The number of piperazine rings is 1. The number of aromatic nitrogens is 4. The molecule has 0 aliphatic carbocycles. The Morgan fingerprint density at radius 3 is 2.61 bits per heavy atom. The summed E-state index contributed by atoms with van der Waals surface area (Å²) < 4.78 is 1.71. The van der Waals surface area contributed by atoms with Crippen LogP contribution in [0.3, 0.4) is 0 Å². The van der Waals surface area contributed by atoms with Gasteiger partial charge in [-0.1, -0.05) is 6.07 Å². The molecule has 4 aromatic rings. The summed E-state index contributed by atoms with van der Waals surface area (Å²) in [4.78, 5) is 41.3. The second-order valence-electron chi connectivity index (χ2n) is 9.13. The smallest absolute Gasteiger partial charge is 0.277 e. The molecule has 0 unspecified atom stereocenters. The van der Waals surface area contributed by atoms with Crippen molar-refractivity contribution in [3.63, 3.8) is 0 Å². The minimum atomic E-state index is -0.228. The Hall–Kier alpha value is -4.44. The average molecular weight is 481 g/mol. The number of carbonyl (C=O) groups is 2. The van der Waals surface area contributed by atoms with E-state index in [-0.39, 0.29) is 11.8 Å². The van der Waals surface area contributed by atoms with Gasteiger partial charge in [0.15, 0.2) is 11.5 Å². The van der Waals surface area contributed by atoms with Gasteiger partial charge in [-0.2, -0.15) is 5.10 Å². The van der Waals surface area contributed by atoms with Gasteiger partial charge in [0.1, 0.15) is 6.33 Å². The van der Waals surface area contributed by atoms with Crippen molar-refractivity contribution in [1.29, 1.82) is 0 Å². The van der Waals surface area contributed by atoms with E-state index in [0.29, 0.717) is 36.2 Å². The molecule has 4 heterocycles. The molecule has 1 saturated heterocycles. The SMILES string of the molecule is CC(C)N1CCN(c2ccc(Nc3ncc(-c4ccc5c(c4)C=NC5=O)n4ncnc34)cc2)C(=O)C1. The van der Waals surface area contributed by atoms with Crippen molar-refractivity contribution >= 4 is 40.9 Å². The molecule has 0 bridgehead atoms. The molecule has 10 nitrogen and oxygen atoms in total. The van der Waals surface area contributed by atoms with Crippen LogP contribution in [0.5, 0.6) is 0 Å². The van der Waals surface area contributed by atoms with E-state index in [0.717, 1.165) is 34.7 Å². The summed E-state index contributed by atoms with van der Waals surface area (Å²) in [7, 11) is 0. The van der Waals surface area contributed by atoms with Crippen LogP contribution in [0, 0.1) is 0 Å². The fourth-order valence-corrected chi connectivity index (χ4v) is 4.59. The fourth-order valence-electron chi connectivity index (χ4n) is 4.59. The van der Waals surface area contributed by atoms with Crippen molar-refractivity contribution in [2.75, 3.05) is 29.9 Å². The standard InChI is InChI=1S/C26H24N8O2/c1-16(2)32-9-10-33(23(35)14-32)20-6-4-19(5-7-20)31-24-25-29-15-30-34(25)22(13-27-24)17-3-8-21-18(11-17)12-28-26(21)36/h3-8,11-13,15-16H,9-10,14H2,1-2H3,(H,27,31).